The molecule has 2 aromatic rings. The summed E-state index contributed by atoms with van der Waals surface area (Å²) in [5.74, 6) is 0.404. The summed E-state index contributed by atoms with van der Waals surface area (Å²) in [6.45, 7) is 1.47. The Morgan fingerprint density at radius 1 is 1.07 bits per heavy atom. The molecule has 0 unspecified atom stereocenters. The van der Waals surface area contributed by atoms with Crippen LogP contribution in [0.25, 0.3) is 0 Å². The molecule has 0 aromatic heterocycles. The fourth-order valence-electron chi connectivity index (χ4n) is 2.76. The van der Waals surface area contributed by atoms with Gasteiger partial charge in [-0.2, -0.15) is 5.26 Å². The second-order valence-corrected chi connectivity index (χ2v) is 6.31. The number of hydrogen-bond donors (Lipinski definition) is 1. The summed E-state index contributed by atoms with van der Waals surface area (Å²) in [6, 6.07) is 12.1. The number of benzene rings is 2. The molecule has 0 aliphatic carbocycles. The molecule has 30 heavy (non-hydrogen) atoms. The summed E-state index contributed by atoms with van der Waals surface area (Å²) in [7, 11) is 4.54. The zero-order valence-electron chi connectivity index (χ0n) is 17.4. The first-order chi connectivity index (χ1) is 14.4. The number of rotatable bonds is 9. The number of amides is 1. The van der Waals surface area contributed by atoms with Crippen molar-refractivity contribution >= 4 is 17.6 Å². The zero-order chi connectivity index (χ0) is 22.1. The second-order valence-electron chi connectivity index (χ2n) is 6.31. The molecule has 0 spiro atoms. The number of methoxy groups -OCH3 is 3. The number of esters is 1. The Balaban J connectivity index is 1.95. The van der Waals surface area contributed by atoms with Crippen LogP contribution >= 0.6 is 0 Å². The SMILES string of the molecule is COc1cc(CCC(=O)O[C@H](C)C(=O)Nc2ccccc2C#N)cc(OC)c1OC. The Morgan fingerprint density at radius 3 is 2.27 bits per heavy atom. The van der Waals surface area contributed by atoms with E-state index in [1.165, 1.54) is 28.3 Å². The summed E-state index contributed by atoms with van der Waals surface area (Å²) in [5.41, 5.74) is 1.48. The molecule has 1 N–H and O–H groups in total. The van der Waals surface area contributed by atoms with Gasteiger partial charge in [0.1, 0.15) is 6.07 Å². The maximum Gasteiger partial charge on any atom is 0.306 e. The summed E-state index contributed by atoms with van der Waals surface area (Å²) in [6.07, 6.45) is -0.587. The molecule has 2 aromatic carbocycles. The maximum atomic E-state index is 12.3. The van der Waals surface area contributed by atoms with Gasteiger partial charge in [0.25, 0.3) is 5.91 Å². The highest BCUT2D eigenvalue weighted by Gasteiger charge is 2.19. The number of aryl methyl sites for hydroxylation is 1. The molecule has 0 aliphatic rings. The minimum Gasteiger partial charge on any atom is -0.493 e. The average Bonchev–Trinajstić information content (AvgIpc) is 2.76. The molecule has 0 fully saturated rings. The fraction of sp³-hybridized carbons (Fsp3) is 0.318. The Kier molecular flexibility index (Phi) is 8.06. The van der Waals surface area contributed by atoms with E-state index in [9.17, 15) is 9.59 Å². The van der Waals surface area contributed by atoms with Gasteiger partial charge in [-0.25, -0.2) is 0 Å². The van der Waals surface area contributed by atoms with Crippen molar-refractivity contribution in [1.82, 2.24) is 0 Å². The van der Waals surface area contributed by atoms with E-state index in [0.29, 0.717) is 34.9 Å². The van der Waals surface area contributed by atoms with Gasteiger partial charge in [-0.3, -0.25) is 9.59 Å². The lowest BCUT2D eigenvalue weighted by Crippen LogP contribution is -2.30. The van der Waals surface area contributed by atoms with E-state index < -0.39 is 18.0 Å². The molecule has 158 valence electrons. The Labute approximate surface area is 175 Å². The monoisotopic (exact) mass is 412 g/mol. The molecule has 0 saturated heterocycles. The van der Waals surface area contributed by atoms with Crippen molar-refractivity contribution in [2.24, 2.45) is 0 Å². The van der Waals surface area contributed by atoms with Crippen molar-refractivity contribution in [3.8, 4) is 23.3 Å². The molecular weight excluding hydrogens is 388 g/mol. The standard InChI is InChI=1S/C22H24N2O6/c1-14(22(26)24-17-8-6-5-7-16(17)13-23)30-20(25)10-9-15-11-18(27-2)21(29-4)19(12-15)28-3/h5-8,11-12,14H,9-10H2,1-4H3,(H,24,26)/t14-/m1/s1. The lowest BCUT2D eigenvalue weighted by atomic mass is 10.1. The minimum atomic E-state index is -1.01. The predicted octanol–water partition coefficient (Wildman–Crippen LogP) is 3.09. The van der Waals surface area contributed by atoms with Gasteiger partial charge >= 0.3 is 5.97 Å². The van der Waals surface area contributed by atoms with Gasteiger partial charge in [0.15, 0.2) is 17.6 Å². The number of carbonyl (C=O) groups excluding carboxylic acids is 2. The number of hydrogen-bond acceptors (Lipinski definition) is 7. The van der Waals surface area contributed by atoms with Crippen LogP contribution in [0, 0.1) is 11.3 Å². The number of carbonyl (C=O) groups is 2. The lowest BCUT2D eigenvalue weighted by Gasteiger charge is -2.15. The van der Waals surface area contributed by atoms with Gasteiger partial charge in [-0.05, 0) is 43.2 Å². The van der Waals surface area contributed by atoms with Crippen molar-refractivity contribution in [2.75, 3.05) is 26.6 Å². The number of nitrogens with one attached hydrogen (secondary N) is 1. The van der Waals surface area contributed by atoms with E-state index in [2.05, 4.69) is 5.32 Å². The largest absolute Gasteiger partial charge is 0.493 e. The van der Waals surface area contributed by atoms with Crippen LogP contribution in [-0.2, 0) is 20.7 Å². The van der Waals surface area contributed by atoms with Crippen molar-refractivity contribution < 1.29 is 28.5 Å². The Morgan fingerprint density at radius 2 is 1.70 bits per heavy atom. The minimum absolute atomic E-state index is 0.0606. The summed E-state index contributed by atoms with van der Waals surface area (Å²) < 4.78 is 21.1. The number of ether oxygens (including phenoxy) is 4. The van der Waals surface area contributed by atoms with Crippen LogP contribution in [-0.4, -0.2) is 39.3 Å². The van der Waals surface area contributed by atoms with Crippen LogP contribution in [0.15, 0.2) is 36.4 Å². The van der Waals surface area contributed by atoms with E-state index in [4.69, 9.17) is 24.2 Å². The molecule has 1 atom stereocenters. The molecule has 0 heterocycles. The van der Waals surface area contributed by atoms with E-state index in [0.717, 1.165) is 5.56 Å². The first-order valence-corrected chi connectivity index (χ1v) is 9.21. The number of nitrogens with zero attached hydrogens (tertiary/aromatic N) is 1. The predicted molar refractivity (Wildman–Crippen MR) is 110 cm³/mol. The second kappa shape index (κ2) is 10.7. The first kappa shape index (κ1) is 22.6. The summed E-state index contributed by atoms with van der Waals surface area (Å²) >= 11 is 0. The van der Waals surface area contributed by atoms with E-state index in [-0.39, 0.29) is 6.42 Å². The summed E-state index contributed by atoms with van der Waals surface area (Å²) in [5, 5.41) is 11.7. The van der Waals surface area contributed by atoms with Crippen LogP contribution < -0.4 is 19.5 Å². The quantitative estimate of drug-likeness (QED) is 0.631. The van der Waals surface area contributed by atoms with Gasteiger partial charge in [-0.1, -0.05) is 12.1 Å². The molecule has 2 rings (SSSR count). The van der Waals surface area contributed by atoms with Crippen molar-refractivity contribution in [1.29, 1.82) is 5.26 Å². The topological polar surface area (TPSA) is 107 Å². The van der Waals surface area contributed by atoms with Crippen molar-refractivity contribution in [3.05, 3.63) is 47.5 Å². The lowest BCUT2D eigenvalue weighted by molar-refractivity contribution is -0.153. The van der Waals surface area contributed by atoms with Crippen LogP contribution in [0.2, 0.25) is 0 Å². The van der Waals surface area contributed by atoms with E-state index >= 15 is 0 Å². The zero-order valence-corrected chi connectivity index (χ0v) is 17.4. The summed E-state index contributed by atoms with van der Waals surface area (Å²) in [4.78, 5) is 24.5. The van der Waals surface area contributed by atoms with Crippen LogP contribution in [0.1, 0.15) is 24.5 Å². The molecule has 0 aliphatic heterocycles. The van der Waals surface area contributed by atoms with Crippen LogP contribution in [0.3, 0.4) is 0 Å². The fourth-order valence-corrected chi connectivity index (χ4v) is 2.76. The van der Waals surface area contributed by atoms with Gasteiger partial charge < -0.3 is 24.3 Å². The van der Waals surface area contributed by atoms with Crippen molar-refractivity contribution in [3.63, 3.8) is 0 Å². The van der Waals surface area contributed by atoms with Crippen LogP contribution in [0.4, 0.5) is 5.69 Å². The number of anilines is 1. The molecular formula is C22H24N2O6. The third-order valence-electron chi connectivity index (χ3n) is 4.33. The maximum absolute atomic E-state index is 12.3. The third-order valence-corrected chi connectivity index (χ3v) is 4.33. The number of nitriles is 1. The molecule has 8 nitrogen and oxygen atoms in total. The van der Waals surface area contributed by atoms with E-state index in [1.807, 2.05) is 6.07 Å². The van der Waals surface area contributed by atoms with Gasteiger partial charge in [0, 0.05) is 6.42 Å². The smallest absolute Gasteiger partial charge is 0.306 e. The highest BCUT2D eigenvalue weighted by molar-refractivity contribution is 5.96. The normalized spacial score (nSPS) is 11.0. The Bertz CT molecular complexity index is 926. The number of para-hydroxylation sites is 1. The van der Waals surface area contributed by atoms with Crippen LogP contribution in [0.5, 0.6) is 17.2 Å². The van der Waals surface area contributed by atoms with E-state index in [1.54, 1.807) is 36.4 Å². The molecule has 0 saturated carbocycles. The highest BCUT2D eigenvalue weighted by atomic mass is 16.5. The van der Waals surface area contributed by atoms with Gasteiger partial charge in [0.2, 0.25) is 5.75 Å². The molecule has 1 amide bonds. The third kappa shape index (κ3) is 5.64. The molecule has 0 radical (unpaired) electrons. The first-order valence-electron chi connectivity index (χ1n) is 9.21. The van der Waals surface area contributed by atoms with Gasteiger partial charge in [0.05, 0.1) is 32.6 Å². The Hall–Kier alpha value is -3.73. The average molecular weight is 412 g/mol. The molecule has 0 bridgehead atoms. The van der Waals surface area contributed by atoms with Gasteiger partial charge in [-0.15, -0.1) is 0 Å². The van der Waals surface area contributed by atoms with Crippen molar-refractivity contribution in [2.45, 2.75) is 25.9 Å². The molecule has 8 heteroatoms. The highest BCUT2D eigenvalue weighted by Crippen LogP contribution is 2.38.